The predicted octanol–water partition coefficient (Wildman–Crippen LogP) is 2.96. The smallest absolute Gasteiger partial charge is 0.262 e. The Labute approximate surface area is 170 Å². The highest BCUT2D eigenvalue weighted by Gasteiger charge is 2.25. The fraction of sp³-hybridized carbons (Fsp3) is 0.409. The van der Waals surface area contributed by atoms with Crippen LogP contribution in [0.5, 0.6) is 11.5 Å². The van der Waals surface area contributed by atoms with Gasteiger partial charge in [0.15, 0.2) is 6.61 Å². The second-order valence-corrected chi connectivity index (χ2v) is 7.69. The van der Waals surface area contributed by atoms with Gasteiger partial charge in [0.1, 0.15) is 11.5 Å². The van der Waals surface area contributed by atoms with E-state index in [4.69, 9.17) is 9.47 Å². The molecular formula is C22H25N3O4. The van der Waals surface area contributed by atoms with Crippen molar-refractivity contribution in [3.05, 3.63) is 47.3 Å². The highest BCUT2D eigenvalue weighted by atomic mass is 16.5. The molecule has 0 unspecified atom stereocenters. The van der Waals surface area contributed by atoms with Crippen molar-refractivity contribution in [1.29, 1.82) is 0 Å². The first-order valence-corrected chi connectivity index (χ1v) is 9.91. The molecule has 0 bridgehead atoms. The minimum absolute atomic E-state index is 0.00799. The van der Waals surface area contributed by atoms with Crippen LogP contribution < -0.4 is 14.8 Å². The van der Waals surface area contributed by atoms with Gasteiger partial charge in [0.05, 0.1) is 18.5 Å². The van der Waals surface area contributed by atoms with E-state index in [1.54, 1.807) is 24.4 Å². The average Bonchev–Trinajstić information content (AvgIpc) is 2.72. The molecule has 0 radical (unpaired) electrons. The quantitative estimate of drug-likeness (QED) is 0.861. The molecule has 0 aliphatic carbocycles. The van der Waals surface area contributed by atoms with Crippen LogP contribution in [0.3, 0.4) is 0 Å². The zero-order valence-corrected chi connectivity index (χ0v) is 16.7. The maximum absolute atomic E-state index is 12.9. The molecule has 1 aromatic carbocycles. The van der Waals surface area contributed by atoms with Crippen molar-refractivity contribution in [2.75, 3.05) is 31.6 Å². The lowest BCUT2D eigenvalue weighted by molar-refractivity contribution is -0.118. The molecule has 1 saturated heterocycles. The van der Waals surface area contributed by atoms with Gasteiger partial charge in [-0.3, -0.25) is 14.6 Å². The SMILES string of the molecule is Cc1cc(C)c(OCC2CCN(C(=O)c3ccc4c(c3)NC(=O)CO4)CC2)cn1. The van der Waals surface area contributed by atoms with Gasteiger partial charge in [0.25, 0.3) is 11.8 Å². The fourth-order valence-corrected chi connectivity index (χ4v) is 3.74. The van der Waals surface area contributed by atoms with Gasteiger partial charge in [0, 0.05) is 24.3 Å². The zero-order valence-electron chi connectivity index (χ0n) is 16.7. The molecule has 7 nitrogen and oxygen atoms in total. The molecule has 2 aromatic rings. The Balaban J connectivity index is 1.32. The molecule has 1 N–H and O–H groups in total. The normalized spacial score (nSPS) is 16.6. The van der Waals surface area contributed by atoms with Crippen LogP contribution in [-0.4, -0.2) is 48.0 Å². The summed E-state index contributed by atoms with van der Waals surface area (Å²) in [5, 5.41) is 2.75. The van der Waals surface area contributed by atoms with E-state index in [9.17, 15) is 9.59 Å². The van der Waals surface area contributed by atoms with E-state index in [1.165, 1.54) is 0 Å². The molecule has 2 amide bonds. The number of carbonyl (C=O) groups is 2. The molecule has 1 aromatic heterocycles. The van der Waals surface area contributed by atoms with Crippen molar-refractivity contribution in [1.82, 2.24) is 9.88 Å². The first-order valence-electron chi connectivity index (χ1n) is 9.91. The van der Waals surface area contributed by atoms with Crippen LogP contribution in [0.2, 0.25) is 0 Å². The third kappa shape index (κ3) is 4.34. The molecule has 0 atom stereocenters. The summed E-state index contributed by atoms with van der Waals surface area (Å²) in [6.45, 7) is 6.02. The lowest BCUT2D eigenvalue weighted by Gasteiger charge is -2.32. The molecular weight excluding hydrogens is 370 g/mol. The Morgan fingerprint density at radius 1 is 1.28 bits per heavy atom. The number of likely N-dealkylation sites (tertiary alicyclic amines) is 1. The monoisotopic (exact) mass is 395 g/mol. The molecule has 0 saturated carbocycles. The van der Waals surface area contributed by atoms with Crippen LogP contribution in [0.25, 0.3) is 0 Å². The van der Waals surface area contributed by atoms with Crippen LogP contribution in [0.4, 0.5) is 5.69 Å². The molecule has 2 aliphatic heterocycles. The molecule has 1 fully saturated rings. The highest BCUT2D eigenvalue weighted by Crippen LogP contribution is 2.29. The first-order chi connectivity index (χ1) is 14.0. The van der Waals surface area contributed by atoms with Gasteiger partial charge in [0.2, 0.25) is 0 Å². The molecule has 7 heteroatoms. The number of benzene rings is 1. The fourth-order valence-electron chi connectivity index (χ4n) is 3.74. The largest absolute Gasteiger partial charge is 0.491 e. The zero-order chi connectivity index (χ0) is 20.4. The van der Waals surface area contributed by atoms with E-state index < -0.39 is 0 Å². The second-order valence-electron chi connectivity index (χ2n) is 7.69. The van der Waals surface area contributed by atoms with Crippen molar-refractivity contribution in [3.63, 3.8) is 0 Å². The standard InChI is InChI=1S/C22H25N3O4/c1-14-9-15(2)23-11-20(14)28-12-16-5-7-25(8-6-16)22(27)17-3-4-19-18(10-17)24-21(26)13-29-19/h3-4,9-11,16H,5-8,12-13H2,1-2H3,(H,24,26). The van der Waals surface area contributed by atoms with E-state index in [-0.39, 0.29) is 18.4 Å². The molecule has 2 aliphatic rings. The maximum Gasteiger partial charge on any atom is 0.262 e. The molecule has 0 spiro atoms. The summed E-state index contributed by atoms with van der Waals surface area (Å²) >= 11 is 0. The highest BCUT2D eigenvalue weighted by molar-refractivity contribution is 5.99. The maximum atomic E-state index is 12.9. The number of rotatable bonds is 4. The Kier molecular flexibility index (Phi) is 5.38. The van der Waals surface area contributed by atoms with Crippen molar-refractivity contribution in [2.45, 2.75) is 26.7 Å². The van der Waals surface area contributed by atoms with Gasteiger partial charge in [-0.1, -0.05) is 0 Å². The van der Waals surface area contributed by atoms with Gasteiger partial charge in [-0.05, 0) is 62.4 Å². The van der Waals surface area contributed by atoms with Gasteiger partial charge in [-0.15, -0.1) is 0 Å². The number of aromatic nitrogens is 1. The number of piperidine rings is 1. The number of pyridine rings is 1. The summed E-state index contributed by atoms with van der Waals surface area (Å²) in [6, 6.07) is 7.20. The van der Waals surface area contributed by atoms with Crippen molar-refractivity contribution in [2.24, 2.45) is 5.92 Å². The number of amides is 2. The molecule has 29 heavy (non-hydrogen) atoms. The van der Waals surface area contributed by atoms with E-state index in [1.807, 2.05) is 24.8 Å². The summed E-state index contributed by atoms with van der Waals surface area (Å²) in [6.07, 6.45) is 3.58. The van der Waals surface area contributed by atoms with E-state index >= 15 is 0 Å². The minimum Gasteiger partial charge on any atom is -0.491 e. The van der Waals surface area contributed by atoms with Gasteiger partial charge in [-0.25, -0.2) is 0 Å². The van der Waals surface area contributed by atoms with E-state index in [0.29, 0.717) is 42.6 Å². The first kappa shape index (κ1) is 19.2. The van der Waals surface area contributed by atoms with Gasteiger partial charge < -0.3 is 19.7 Å². The van der Waals surface area contributed by atoms with Gasteiger partial charge in [-0.2, -0.15) is 0 Å². The third-order valence-electron chi connectivity index (χ3n) is 5.44. The summed E-state index contributed by atoms with van der Waals surface area (Å²) in [5.74, 6) is 1.61. The summed E-state index contributed by atoms with van der Waals surface area (Å²) in [5.41, 5.74) is 3.19. The lowest BCUT2D eigenvalue weighted by atomic mass is 9.97. The van der Waals surface area contributed by atoms with E-state index in [2.05, 4.69) is 10.3 Å². The number of nitrogens with one attached hydrogen (secondary N) is 1. The van der Waals surface area contributed by atoms with Crippen LogP contribution in [0, 0.1) is 19.8 Å². The van der Waals surface area contributed by atoms with Crippen LogP contribution in [0.1, 0.15) is 34.5 Å². The molecule has 4 rings (SSSR count). The second kappa shape index (κ2) is 8.11. The molecule has 152 valence electrons. The Bertz CT molecular complexity index is 936. The predicted molar refractivity (Wildman–Crippen MR) is 108 cm³/mol. The number of hydrogen-bond acceptors (Lipinski definition) is 5. The number of aryl methyl sites for hydroxylation is 2. The van der Waals surface area contributed by atoms with Crippen molar-refractivity contribution < 1.29 is 19.1 Å². The summed E-state index contributed by atoms with van der Waals surface area (Å²) in [7, 11) is 0. The van der Waals surface area contributed by atoms with Crippen LogP contribution >= 0.6 is 0 Å². The number of ether oxygens (including phenoxy) is 2. The number of nitrogens with zero attached hydrogens (tertiary/aromatic N) is 2. The lowest BCUT2D eigenvalue weighted by Crippen LogP contribution is -2.39. The number of anilines is 1. The topological polar surface area (TPSA) is 80.8 Å². The van der Waals surface area contributed by atoms with Crippen molar-refractivity contribution >= 4 is 17.5 Å². The third-order valence-corrected chi connectivity index (χ3v) is 5.44. The number of fused-ring (bicyclic) bond motifs is 1. The molecule has 3 heterocycles. The van der Waals surface area contributed by atoms with Crippen LogP contribution in [0.15, 0.2) is 30.5 Å². The van der Waals surface area contributed by atoms with Crippen molar-refractivity contribution in [3.8, 4) is 11.5 Å². The Morgan fingerprint density at radius 3 is 2.83 bits per heavy atom. The average molecular weight is 395 g/mol. The Hall–Kier alpha value is -3.09. The van der Waals surface area contributed by atoms with Gasteiger partial charge >= 0.3 is 0 Å². The summed E-state index contributed by atoms with van der Waals surface area (Å²) in [4.78, 5) is 30.5. The number of carbonyl (C=O) groups excluding carboxylic acids is 2. The van der Waals surface area contributed by atoms with E-state index in [0.717, 1.165) is 29.8 Å². The van der Waals surface area contributed by atoms with Crippen LogP contribution in [-0.2, 0) is 4.79 Å². The number of hydrogen-bond donors (Lipinski definition) is 1. The minimum atomic E-state index is -0.207. The Morgan fingerprint density at radius 2 is 2.07 bits per heavy atom. The summed E-state index contributed by atoms with van der Waals surface area (Å²) < 4.78 is 11.3.